The number of aromatic nitrogens is 2. The fourth-order valence-electron chi connectivity index (χ4n) is 4.22. The number of fused-ring (bicyclic) bond motifs is 1. The predicted octanol–water partition coefficient (Wildman–Crippen LogP) is 1.25. The highest BCUT2D eigenvalue weighted by molar-refractivity contribution is 5.97. The molecule has 1 saturated heterocycles. The third-order valence-electron chi connectivity index (χ3n) is 5.50. The molecule has 2 aliphatic rings. The van der Waals surface area contributed by atoms with E-state index in [0.717, 1.165) is 30.4 Å². The number of carbonyl (C=O) groups is 2. The highest BCUT2D eigenvalue weighted by atomic mass is 16.2. The molecule has 0 bridgehead atoms. The maximum Gasteiger partial charge on any atom is 0.254 e. The van der Waals surface area contributed by atoms with Crippen LogP contribution in [0.2, 0.25) is 0 Å². The molecule has 1 aromatic carbocycles. The topological polar surface area (TPSA) is 81.2 Å². The van der Waals surface area contributed by atoms with Crippen LogP contribution in [-0.4, -0.2) is 39.6 Å². The van der Waals surface area contributed by atoms with Gasteiger partial charge in [-0.05, 0) is 42.0 Å². The van der Waals surface area contributed by atoms with Gasteiger partial charge in [-0.25, -0.2) is 0 Å². The Labute approximate surface area is 146 Å². The number of hydrogen-bond donors (Lipinski definition) is 1. The number of rotatable bonds is 3. The van der Waals surface area contributed by atoms with E-state index in [9.17, 15) is 9.59 Å². The van der Waals surface area contributed by atoms with Gasteiger partial charge in [0.15, 0.2) is 0 Å². The summed E-state index contributed by atoms with van der Waals surface area (Å²) in [7, 11) is 1.84. The molecule has 0 spiro atoms. The summed E-state index contributed by atoms with van der Waals surface area (Å²) in [4.78, 5) is 26.8. The lowest BCUT2D eigenvalue weighted by Crippen LogP contribution is -2.32. The molecule has 2 atom stereocenters. The molecular formula is C19H22N4O2. The zero-order valence-electron chi connectivity index (χ0n) is 14.3. The molecule has 25 heavy (non-hydrogen) atoms. The van der Waals surface area contributed by atoms with Crippen LogP contribution in [0.15, 0.2) is 30.6 Å². The monoisotopic (exact) mass is 338 g/mol. The third kappa shape index (κ3) is 2.71. The fraction of sp³-hybridized carbons (Fsp3) is 0.421. The molecule has 2 aromatic rings. The van der Waals surface area contributed by atoms with Crippen molar-refractivity contribution in [1.82, 2.24) is 14.7 Å². The first-order valence-electron chi connectivity index (χ1n) is 8.72. The minimum absolute atomic E-state index is 0.0105. The molecule has 1 aliphatic carbocycles. The van der Waals surface area contributed by atoms with Crippen LogP contribution in [0.3, 0.4) is 0 Å². The number of nitrogens with two attached hydrogens (primary N) is 1. The van der Waals surface area contributed by atoms with Gasteiger partial charge >= 0.3 is 0 Å². The van der Waals surface area contributed by atoms with Gasteiger partial charge in [-0.15, -0.1) is 0 Å². The Bertz CT molecular complexity index is 842. The van der Waals surface area contributed by atoms with Crippen molar-refractivity contribution in [2.75, 3.05) is 13.1 Å². The molecule has 1 aliphatic heterocycles. The average Bonchev–Trinajstić information content (AvgIpc) is 3.31. The van der Waals surface area contributed by atoms with Crippen molar-refractivity contribution in [3.63, 3.8) is 0 Å². The van der Waals surface area contributed by atoms with Gasteiger partial charge < -0.3 is 10.6 Å². The summed E-state index contributed by atoms with van der Waals surface area (Å²) in [6.45, 7) is 0.874. The molecular weight excluding hydrogens is 316 g/mol. The quantitative estimate of drug-likeness (QED) is 0.914. The lowest BCUT2D eigenvalue weighted by atomic mass is 9.90. The number of benzene rings is 1. The Hall–Kier alpha value is -2.63. The van der Waals surface area contributed by atoms with Crippen molar-refractivity contribution in [2.24, 2.45) is 18.7 Å². The third-order valence-corrected chi connectivity index (χ3v) is 5.50. The van der Waals surface area contributed by atoms with Gasteiger partial charge in [0, 0.05) is 37.8 Å². The van der Waals surface area contributed by atoms with Crippen molar-refractivity contribution in [3.05, 3.63) is 52.8 Å². The van der Waals surface area contributed by atoms with E-state index in [4.69, 9.17) is 5.73 Å². The molecule has 2 heterocycles. The zero-order valence-corrected chi connectivity index (χ0v) is 14.3. The minimum atomic E-state index is -0.370. The van der Waals surface area contributed by atoms with Crippen LogP contribution in [0.25, 0.3) is 0 Å². The van der Waals surface area contributed by atoms with Crippen LogP contribution < -0.4 is 5.73 Å². The molecule has 0 unspecified atom stereocenters. The maximum atomic E-state index is 13.1. The fourth-order valence-corrected chi connectivity index (χ4v) is 4.22. The molecule has 6 heteroatoms. The Kier molecular flexibility index (Phi) is 3.82. The summed E-state index contributed by atoms with van der Waals surface area (Å²) in [6.07, 6.45) is 6.75. The van der Waals surface area contributed by atoms with Crippen molar-refractivity contribution in [3.8, 4) is 0 Å². The van der Waals surface area contributed by atoms with Crippen LogP contribution in [-0.2, 0) is 24.7 Å². The van der Waals surface area contributed by atoms with Gasteiger partial charge in [0.2, 0.25) is 5.91 Å². The van der Waals surface area contributed by atoms with Gasteiger partial charge in [-0.2, -0.15) is 5.10 Å². The first-order valence-corrected chi connectivity index (χ1v) is 8.72. The Balaban J connectivity index is 1.62. The molecule has 0 saturated carbocycles. The second kappa shape index (κ2) is 6.02. The minimum Gasteiger partial charge on any atom is -0.369 e. The summed E-state index contributed by atoms with van der Waals surface area (Å²) < 4.78 is 1.71. The van der Waals surface area contributed by atoms with E-state index in [1.807, 2.05) is 25.4 Å². The number of primary amides is 1. The smallest absolute Gasteiger partial charge is 0.254 e. The number of likely N-dealkylation sites (tertiary alicyclic amines) is 1. The molecule has 0 radical (unpaired) electrons. The van der Waals surface area contributed by atoms with E-state index in [2.05, 4.69) is 11.2 Å². The van der Waals surface area contributed by atoms with Crippen LogP contribution in [0.4, 0.5) is 0 Å². The van der Waals surface area contributed by atoms with Gasteiger partial charge in [0.05, 0.1) is 12.1 Å². The van der Waals surface area contributed by atoms with Crippen molar-refractivity contribution < 1.29 is 9.59 Å². The van der Waals surface area contributed by atoms with Gasteiger partial charge in [-0.3, -0.25) is 14.3 Å². The SMILES string of the molecule is Cn1cc([C@H]2CN(C(=O)c3cccc4c3CCC4)C[C@@H]2C(N)=O)cn1. The van der Waals surface area contributed by atoms with Crippen molar-refractivity contribution >= 4 is 11.8 Å². The lowest BCUT2D eigenvalue weighted by molar-refractivity contribution is -0.121. The number of amides is 2. The van der Waals surface area contributed by atoms with E-state index < -0.39 is 0 Å². The van der Waals surface area contributed by atoms with E-state index in [1.54, 1.807) is 15.8 Å². The average molecular weight is 338 g/mol. The molecule has 1 fully saturated rings. The lowest BCUT2D eigenvalue weighted by Gasteiger charge is -2.18. The first-order chi connectivity index (χ1) is 12.0. The summed E-state index contributed by atoms with van der Waals surface area (Å²) in [5.74, 6) is -0.810. The Morgan fingerprint density at radius 1 is 1.24 bits per heavy atom. The Morgan fingerprint density at radius 3 is 2.80 bits per heavy atom. The largest absolute Gasteiger partial charge is 0.369 e. The standard InChI is InChI=1S/C19H22N4O2/c1-22-9-13(8-21-22)16-10-23(11-17(16)18(20)24)19(25)15-7-3-5-12-4-2-6-14(12)15/h3,5,7-9,16-17H,2,4,6,10-11H2,1H3,(H2,20,24)/t16-,17+/m1/s1. The van der Waals surface area contributed by atoms with Crippen LogP contribution in [0.1, 0.15) is 39.4 Å². The normalized spacial score (nSPS) is 22.2. The number of hydrogen-bond acceptors (Lipinski definition) is 3. The Morgan fingerprint density at radius 2 is 2.08 bits per heavy atom. The van der Waals surface area contributed by atoms with Crippen LogP contribution >= 0.6 is 0 Å². The van der Waals surface area contributed by atoms with Crippen molar-refractivity contribution in [2.45, 2.75) is 25.2 Å². The van der Waals surface area contributed by atoms with Crippen molar-refractivity contribution in [1.29, 1.82) is 0 Å². The number of aryl methyl sites for hydroxylation is 2. The second-order valence-corrected chi connectivity index (χ2v) is 7.07. The summed E-state index contributed by atoms with van der Waals surface area (Å²) in [5.41, 5.74) is 9.81. The molecule has 6 nitrogen and oxygen atoms in total. The molecule has 2 amide bonds. The summed E-state index contributed by atoms with van der Waals surface area (Å²) in [6, 6.07) is 5.97. The highest BCUT2D eigenvalue weighted by Gasteiger charge is 2.40. The molecule has 130 valence electrons. The van der Waals surface area contributed by atoms with Gasteiger partial charge in [-0.1, -0.05) is 12.1 Å². The molecule has 2 N–H and O–H groups in total. The molecule has 4 rings (SSSR count). The van der Waals surface area contributed by atoms with E-state index in [-0.39, 0.29) is 23.7 Å². The van der Waals surface area contributed by atoms with Crippen LogP contribution in [0.5, 0.6) is 0 Å². The molecule has 1 aromatic heterocycles. The summed E-state index contributed by atoms with van der Waals surface area (Å²) >= 11 is 0. The summed E-state index contributed by atoms with van der Waals surface area (Å²) in [5, 5.41) is 4.19. The van der Waals surface area contributed by atoms with Gasteiger partial charge in [0.25, 0.3) is 5.91 Å². The van der Waals surface area contributed by atoms with E-state index in [1.165, 1.54) is 11.1 Å². The zero-order chi connectivity index (χ0) is 17.6. The second-order valence-electron chi connectivity index (χ2n) is 7.07. The maximum absolute atomic E-state index is 13.1. The number of carbonyl (C=O) groups excluding carboxylic acids is 2. The van der Waals surface area contributed by atoms with E-state index >= 15 is 0 Å². The van der Waals surface area contributed by atoms with E-state index in [0.29, 0.717) is 13.1 Å². The number of nitrogens with zero attached hydrogens (tertiary/aromatic N) is 3. The predicted molar refractivity (Wildman–Crippen MR) is 93.0 cm³/mol. The van der Waals surface area contributed by atoms with Gasteiger partial charge in [0.1, 0.15) is 0 Å². The highest BCUT2D eigenvalue weighted by Crippen LogP contribution is 2.34. The first kappa shape index (κ1) is 15.9. The van der Waals surface area contributed by atoms with Crippen LogP contribution in [0, 0.1) is 5.92 Å².